The zero-order chi connectivity index (χ0) is 13.2. The molecule has 0 atom stereocenters. The van der Waals surface area contributed by atoms with Crippen LogP contribution in [0.25, 0.3) is 0 Å². The van der Waals surface area contributed by atoms with E-state index in [2.05, 4.69) is 51.5 Å². The molecule has 0 aliphatic carbocycles. The molecule has 0 amide bonds. The average molecular weight is 379 g/mol. The van der Waals surface area contributed by atoms with E-state index >= 15 is 0 Å². The van der Waals surface area contributed by atoms with Crippen LogP contribution in [-0.4, -0.2) is 55.7 Å². The van der Waals surface area contributed by atoms with E-state index in [4.69, 9.17) is 0 Å². The van der Waals surface area contributed by atoms with Gasteiger partial charge in [-0.25, -0.2) is 0 Å². The van der Waals surface area contributed by atoms with Gasteiger partial charge in [0.2, 0.25) is 0 Å². The van der Waals surface area contributed by atoms with Gasteiger partial charge in [-0.2, -0.15) is 0 Å². The third-order valence-corrected chi connectivity index (χ3v) is 2.88. The van der Waals surface area contributed by atoms with Gasteiger partial charge in [-0.1, -0.05) is 6.92 Å². The number of aliphatic imine (C=N–C) groups is 1. The molecule has 0 radical (unpaired) electrons. The summed E-state index contributed by atoms with van der Waals surface area (Å²) in [6.45, 7) is 6.98. The van der Waals surface area contributed by atoms with Crippen LogP contribution < -0.4 is 10.6 Å². The number of hydrogen-bond donors (Lipinski definition) is 2. The third-order valence-electron chi connectivity index (χ3n) is 2.88. The van der Waals surface area contributed by atoms with Crippen molar-refractivity contribution in [2.45, 2.75) is 13.5 Å². The predicted molar refractivity (Wildman–Crippen MR) is 92.4 cm³/mol. The van der Waals surface area contributed by atoms with Crippen molar-refractivity contribution in [2.24, 2.45) is 4.99 Å². The first kappa shape index (κ1) is 18.2. The van der Waals surface area contributed by atoms with Crippen LogP contribution in [0, 0.1) is 0 Å². The minimum Gasteiger partial charge on any atom is -0.355 e. The molecule has 0 aromatic carbocycles. The molecular weight excluding hydrogens is 353 g/mol. The Kier molecular flexibility index (Phi) is 10.7. The van der Waals surface area contributed by atoms with E-state index in [0.717, 1.165) is 38.7 Å². The molecule has 110 valence electrons. The van der Waals surface area contributed by atoms with E-state index in [1.165, 1.54) is 0 Å². The number of likely N-dealkylation sites (N-methyl/N-ethyl adjacent to an activating group) is 1. The highest BCUT2D eigenvalue weighted by Crippen LogP contribution is 1.87. The second kappa shape index (κ2) is 11.1. The predicted octanol–water partition coefficient (Wildman–Crippen LogP) is 1.22. The Bertz CT molecular complexity index is 337. The molecule has 6 heteroatoms. The lowest BCUT2D eigenvalue weighted by Crippen LogP contribution is -2.41. The monoisotopic (exact) mass is 379 g/mol. The van der Waals surface area contributed by atoms with Crippen LogP contribution in [0.5, 0.6) is 0 Å². The highest BCUT2D eigenvalue weighted by atomic mass is 127. The lowest BCUT2D eigenvalue weighted by molar-refractivity contribution is 0.357. The van der Waals surface area contributed by atoms with E-state index in [9.17, 15) is 0 Å². The summed E-state index contributed by atoms with van der Waals surface area (Å²) in [4.78, 5) is 6.46. The van der Waals surface area contributed by atoms with Gasteiger partial charge in [0, 0.05) is 45.6 Å². The van der Waals surface area contributed by atoms with Crippen LogP contribution in [0.4, 0.5) is 0 Å². The Morgan fingerprint density at radius 3 is 2.42 bits per heavy atom. The Morgan fingerprint density at radius 2 is 1.84 bits per heavy atom. The fraction of sp³-hybridized carbons (Fsp3) is 0.615. The highest BCUT2D eigenvalue weighted by Gasteiger charge is 1.98. The first-order valence-corrected chi connectivity index (χ1v) is 6.50. The van der Waals surface area contributed by atoms with Crippen molar-refractivity contribution in [1.29, 1.82) is 0 Å². The molecule has 1 aromatic heterocycles. The average Bonchev–Trinajstić information content (AvgIpc) is 2.89. The van der Waals surface area contributed by atoms with Gasteiger partial charge in [0.25, 0.3) is 0 Å². The van der Waals surface area contributed by atoms with Gasteiger partial charge in [0.15, 0.2) is 5.96 Å². The smallest absolute Gasteiger partial charge is 0.191 e. The van der Waals surface area contributed by atoms with Crippen molar-refractivity contribution >= 4 is 29.9 Å². The fourth-order valence-electron chi connectivity index (χ4n) is 1.57. The number of guanidine groups is 1. The molecule has 0 aliphatic heterocycles. The standard InChI is InChI=1S/C13H25N5.HI/c1-4-17(3)11-7-15-13(14-2)16-8-12-18-9-5-6-10-18;/h5-6,9-10H,4,7-8,11-12H2,1-3H3,(H2,14,15,16);1H. The molecule has 0 bridgehead atoms. The summed E-state index contributed by atoms with van der Waals surface area (Å²) in [5, 5.41) is 6.60. The van der Waals surface area contributed by atoms with Crippen molar-refractivity contribution in [3.8, 4) is 0 Å². The summed E-state index contributed by atoms with van der Waals surface area (Å²) in [5.41, 5.74) is 0. The maximum Gasteiger partial charge on any atom is 0.191 e. The fourth-order valence-corrected chi connectivity index (χ4v) is 1.57. The molecule has 2 N–H and O–H groups in total. The summed E-state index contributed by atoms with van der Waals surface area (Å²) in [5.74, 6) is 0.867. The molecule has 0 fully saturated rings. The molecule has 0 saturated heterocycles. The highest BCUT2D eigenvalue weighted by molar-refractivity contribution is 14.0. The molecule has 0 saturated carbocycles. The summed E-state index contributed by atoms with van der Waals surface area (Å²) in [6.07, 6.45) is 4.13. The lowest BCUT2D eigenvalue weighted by atomic mass is 10.5. The lowest BCUT2D eigenvalue weighted by Gasteiger charge is -2.16. The number of aromatic nitrogens is 1. The number of nitrogens with zero attached hydrogens (tertiary/aromatic N) is 3. The first-order valence-electron chi connectivity index (χ1n) is 6.50. The first-order chi connectivity index (χ1) is 8.76. The van der Waals surface area contributed by atoms with Crippen molar-refractivity contribution in [2.75, 3.05) is 40.3 Å². The molecule has 0 unspecified atom stereocenters. The van der Waals surface area contributed by atoms with Gasteiger partial charge in [-0.15, -0.1) is 24.0 Å². The van der Waals surface area contributed by atoms with E-state index in [1.807, 2.05) is 12.1 Å². The van der Waals surface area contributed by atoms with Gasteiger partial charge >= 0.3 is 0 Å². The van der Waals surface area contributed by atoms with Gasteiger partial charge in [0.1, 0.15) is 0 Å². The summed E-state index contributed by atoms with van der Waals surface area (Å²) < 4.78 is 2.14. The molecule has 19 heavy (non-hydrogen) atoms. The third kappa shape index (κ3) is 8.10. The van der Waals surface area contributed by atoms with E-state index < -0.39 is 0 Å². The molecule has 5 nitrogen and oxygen atoms in total. The SMILES string of the molecule is CCN(C)CCNC(=NC)NCCn1cccc1.I. The number of nitrogens with one attached hydrogen (secondary N) is 2. The van der Waals surface area contributed by atoms with Gasteiger partial charge in [-0.05, 0) is 25.7 Å². The quantitative estimate of drug-likeness (QED) is 0.426. The zero-order valence-electron chi connectivity index (χ0n) is 12.1. The van der Waals surface area contributed by atoms with Crippen molar-refractivity contribution in [3.05, 3.63) is 24.5 Å². The number of halogens is 1. The Balaban J connectivity index is 0.00000324. The second-order valence-electron chi connectivity index (χ2n) is 4.24. The van der Waals surface area contributed by atoms with Crippen molar-refractivity contribution in [1.82, 2.24) is 20.1 Å². The molecule has 0 spiro atoms. The van der Waals surface area contributed by atoms with Gasteiger partial charge < -0.3 is 20.1 Å². The molecule has 1 rings (SSSR count). The maximum atomic E-state index is 4.20. The summed E-state index contributed by atoms with van der Waals surface area (Å²) in [7, 11) is 3.92. The van der Waals surface area contributed by atoms with Crippen LogP contribution in [0.1, 0.15) is 6.92 Å². The van der Waals surface area contributed by atoms with Crippen LogP contribution in [-0.2, 0) is 6.54 Å². The Hall–Kier alpha value is -0.760. The van der Waals surface area contributed by atoms with Crippen LogP contribution >= 0.6 is 24.0 Å². The Morgan fingerprint density at radius 1 is 1.21 bits per heavy atom. The largest absolute Gasteiger partial charge is 0.355 e. The number of rotatable bonds is 7. The summed E-state index contributed by atoms with van der Waals surface area (Å²) >= 11 is 0. The van der Waals surface area contributed by atoms with Gasteiger partial charge in [0.05, 0.1) is 0 Å². The van der Waals surface area contributed by atoms with Crippen molar-refractivity contribution < 1.29 is 0 Å². The topological polar surface area (TPSA) is 44.6 Å². The molecular formula is C13H26IN5. The van der Waals surface area contributed by atoms with Crippen molar-refractivity contribution in [3.63, 3.8) is 0 Å². The molecule has 1 heterocycles. The Labute approximate surface area is 133 Å². The minimum atomic E-state index is 0. The zero-order valence-corrected chi connectivity index (χ0v) is 14.4. The molecule has 1 aromatic rings. The maximum absolute atomic E-state index is 4.20. The van der Waals surface area contributed by atoms with E-state index in [1.54, 1.807) is 7.05 Å². The van der Waals surface area contributed by atoms with Crippen LogP contribution in [0.15, 0.2) is 29.5 Å². The number of hydrogen-bond acceptors (Lipinski definition) is 2. The second-order valence-corrected chi connectivity index (χ2v) is 4.24. The van der Waals surface area contributed by atoms with E-state index in [0.29, 0.717) is 0 Å². The summed E-state index contributed by atoms with van der Waals surface area (Å²) in [6, 6.07) is 4.07. The van der Waals surface area contributed by atoms with E-state index in [-0.39, 0.29) is 24.0 Å². The van der Waals surface area contributed by atoms with Crippen LogP contribution in [0.3, 0.4) is 0 Å². The van der Waals surface area contributed by atoms with Crippen LogP contribution in [0.2, 0.25) is 0 Å². The normalized spacial score (nSPS) is 11.3. The minimum absolute atomic E-state index is 0. The van der Waals surface area contributed by atoms with Gasteiger partial charge in [-0.3, -0.25) is 4.99 Å². The molecule has 0 aliphatic rings.